The summed E-state index contributed by atoms with van der Waals surface area (Å²) in [6, 6.07) is 14.1. The number of likely N-dealkylation sites (N-methyl/N-ethyl adjacent to an activating group) is 1. The molecule has 7 heteroatoms. The molecule has 0 aliphatic carbocycles. The van der Waals surface area contributed by atoms with Crippen LogP contribution >= 0.6 is 0 Å². The van der Waals surface area contributed by atoms with E-state index in [4.69, 9.17) is 4.74 Å². The lowest BCUT2D eigenvalue weighted by molar-refractivity contribution is -0.120. The van der Waals surface area contributed by atoms with Crippen LogP contribution in [0, 0.1) is 6.92 Å². The van der Waals surface area contributed by atoms with Gasteiger partial charge in [0.25, 0.3) is 0 Å². The molecule has 0 aliphatic rings. The summed E-state index contributed by atoms with van der Waals surface area (Å²) in [6.07, 6.45) is 0. The smallest absolute Gasteiger partial charge is 0.247 e. The first-order valence-corrected chi connectivity index (χ1v) is 9.21. The highest BCUT2D eigenvalue weighted by molar-refractivity contribution is 7.89. The van der Waals surface area contributed by atoms with Crippen LogP contribution in [-0.4, -0.2) is 39.3 Å². The summed E-state index contributed by atoms with van der Waals surface area (Å²) < 4.78 is 32.7. The Bertz CT molecular complexity index is 835. The van der Waals surface area contributed by atoms with Crippen LogP contribution in [0.3, 0.4) is 0 Å². The number of benzene rings is 2. The van der Waals surface area contributed by atoms with Gasteiger partial charge in [-0.05, 0) is 30.2 Å². The number of nitrogens with zero attached hydrogens (tertiary/aromatic N) is 1. The molecule has 0 saturated carbocycles. The Hall–Kier alpha value is -2.38. The second-order valence-corrected chi connectivity index (χ2v) is 7.49. The summed E-state index contributed by atoms with van der Waals surface area (Å²) in [5, 5.41) is 2.47. The Morgan fingerprint density at radius 1 is 1.16 bits per heavy atom. The quantitative estimate of drug-likeness (QED) is 0.817. The van der Waals surface area contributed by atoms with Crippen LogP contribution < -0.4 is 10.1 Å². The van der Waals surface area contributed by atoms with E-state index in [1.54, 1.807) is 25.1 Å². The van der Waals surface area contributed by atoms with Crippen molar-refractivity contribution < 1.29 is 17.9 Å². The van der Waals surface area contributed by atoms with Crippen LogP contribution in [0.4, 0.5) is 0 Å². The molecule has 25 heavy (non-hydrogen) atoms. The number of nitrogens with one attached hydrogen (secondary N) is 1. The molecule has 0 bridgehead atoms. The summed E-state index contributed by atoms with van der Waals surface area (Å²) in [4.78, 5) is 11.9. The topological polar surface area (TPSA) is 75.7 Å². The maximum atomic E-state index is 13.2. The monoisotopic (exact) mass is 362 g/mol. The van der Waals surface area contributed by atoms with E-state index in [1.807, 2.05) is 30.3 Å². The molecule has 2 aromatic rings. The summed E-state index contributed by atoms with van der Waals surface area (Å²) in [5.74, 6) is -0.133. The van der Waals surface area contributed by atoms with Crippen LogP contribution in [0.1, 0.15) is 11.1 Å². The van der Waals surface area contributed by atoms with E-state index in [1.165, 1.54) is 14.2 Å². The van der Waals surface area contributed by atoms with Gasteiger partial charge >= 0.3 is 0 Å². The highest BCUT2D eigenvalue weighted by Gasteiger charge is 2.29. The van der Waals surface area contributed by atoms with E-state index in [9.17, 15) is 13.2 Å². The average Bonchev–Trinajstić information content (AvgIpc) is 2.61. The van der Waals surface area contributed by atoms with Gasteiger partial charge in [-0.1, -0.05) is 36.4 Å². The third-order valence-electron chi connectivity index (χ3n) is 3.74. The number of ether oxygens (including phenoxy) is 1. The Balaban J connectivity index is 2.47. The first-order chi connectivity index (χ1) is 11.9. The number of aryl methyl sites for hydroxylation is 1. The minimum absolute atomic E-state index is 0.0508. The van der Waals surface area contributed by atoms with E-state index in [-0.39, 0.29) is 29.6 Å². The van der Waals surface area contributed by atoms with Crippen LogP contribution in [0.25, 0.3) is 0 Å². The molecule has 2 rings (SSSR count). The number of rotatable bonds is 7. The van der Waals surface area contributed by atoms with Gasteiger partial charge in [-0.3, -0.25) is 4.79 Å². The van der Waals surface area contributed by atoms with Gasteiger partial charge in [0.05, 0.1) is 13.7 Å². The Kier molecular flexibility index (Phi) is 6.17. The number of hydrogen-bond donors (Lipinski definition) is 1. The number of carbonyl (C=O) groups excluding carboxylic acids is 1. The Morgan fingerprint density at radius 2 is 1.84 bits per heavy atom. The predicted octanol–water partition coefficient (Wildman–Crippen LogP) is 1.94. The SMILES string of the molecule is CNC(=O)CN(Cc1ccccc1)S(=O)(=O)c1cc(C)ccc1OC. The predicted molar refractivity (Wildman–Crippen MR) is 95.8 cm³/mol. The fraction of sp³-hybridized carbons (Fsp3) is 0.278. The van der Waals surface area contributed by atoms with Crippen LogP contribution in [0.5, 0.6) is 5.75 Å². The minimum atomic E-state index is -3.92. The first kappa shape index (κ1) is 19.0. The largest absolute Gasteiger partial charge is 0.495 e. The molecule has 0 atom stereocenters. The van der Waals surface area contributed by atoms with Gasteiger partial charge in [0.2, 0.25) is 15.9 Å². The molecule has 0 aliphatic heterocycles. The fourth-order valence-corrected chi connectivity index (χ4v) is 4.00. The molecule has 0 fully saturated rings. The molecule has 0 heterocycles. The van der Waals surface area contributed by atoms with Crippen molar-refractivity contribution in [3.8, 4) is 5.75 Å². The third kappa shape index (κ3) is 4.58. The molecule has 0 spiro atoms. The van der Waals surface area contributed by atoms with Gasteiger partial charge in [0.15, 0.2) is 0 Å². The third-order valence-corrected chi connectivity index (χ3v) is 5.55. The molecule has 134 valence electrons. The van der Waals surface area contributed by atoms with Crippen molar-refractivity contribution in [1.82, 2.24) is 9.62 Å². The lowest BCUT2D eigenvalue weighted by Gasteiger charge is -2.23. The van der Waals surface area contributed by atoms with Crippen LogP contribution in [-0.2, 0) is 21.4 Å². The highest BCUT2D eigenvalue weighted by Crippen LogP contribution is 2.28. The van der Waals surface area contributed by atoms with Crippen molar-refractivity contribution in [2.75, 3.05) is 20.7 Å². The number of amides is 1. The van der Waals surface area contributed by atoms with Gasteiger partial charge in [-0.15, -0.1) is 0 Å². The van der Waals surface area contributed by atoms with E-state index < -0.39 is 10.0 Å². The molecule has 0 saturated heterocycles. The first-order valence-electron chi connectivity index (χ1n) is 7.77. The van der Waals surface area contributed by atoms with Crippen molar-refractivity contribution in [1.29, 1.82) is 0 Å². The van der Waals surface area contributed by atoms with Crippen molar-refractivity contribution in [2.24, 2.45) is 0 Å². The second-order valence-electron chi connectivity index (χ2n) is 5.59. The lowest BCUT2D eigenvalue weighted by Crippen LogP contribution is -2.39. The van der Waals surface area contributed by atoms with Crippen molar-refractivity contribution in [2.45, 2.75) is 18.4 Å². The molecule has 2 aromatic carbocycles. The number of carbonyl (C=O) groups is 1. The van der Waals surface area contributed by atoms with Crippen molar-refractivity contribution >= 4 is 15.9 Å². The van der Waals surface area contributed by atoms with Crippen LogP contribution in [0.15, 0.2) is 53.4 Å². The molecule has 1 amide bonds. The Labute approximate surface area is 148 Å². The zero-order chi connectivity index (χ0) is 18.4. The van der Waals surface area contributed by atoms with Crippen molar-refractivity contribution in [3.63, 3.8) is 0 Å². The van der Waals surface area contributed by atoms with Gasteiger partial charge in [0, 0.05) is 13.6 Å². The standard InChI is InChI=1S/C18H22N2O4S/c1-14-9-10-16(24-3)17(11-14)25(22,23)20(13-18(21)19-2)12-15-7-5-4-6-8-15/h4-11H,12-13H2,1-3H3,(H,19,21). The fourth-order valence-electron chi connectivity index (χ4n) is 2.38. The van der Waals surface area contributed by atoms with Gasteiger partial charge in [0.1, 0.15) is 10.6 Å². The Morgan fingerprint density at radius 3 is 2.44 bits per heavy atom. The van der Waals surface area contributed by atoms with E-state index in [0.717, 1.165) is 15.4 Å². The van der Waals surface area contributed by atoms with Crippen LogP contribution in [0.2, 0.25) is 0 Å². The maximum absolute atomic E-state index is 13.2. The van der Waals surface area contributed by atoms with Gasteiger partial charge in [-0.25, -0.2) is 8.42 Å². The number of methoxy groups -OCH3 is 1. The molecule has 1 N–H and O–H groups in total. The summed E-state index contributed by atoms with van der Waals surface area (Å²) >= 11 is 0. The summed E-state index contributed by atoms with van der Waals surface area (Å²) in [5.41, 5.74) is 1.58. The van der Waals surface area contributed by atoms with E-state index in [2.05, 4.69) is 5.32 Å². The van der Waals surface area contributed by atoms with E-state index >= 15 is 0 Å². The average molecular weight is 362 g/mol. The minimum Gasteiger partial charge on any atom is -0.495 e. The van der Waals surface area contributed by atoms with E-state index in [0.29, 0.717) is 0 Å². The molecule has 0 unspecified atom stereocenters. The van der Waals surface area contributed by atoms with Gasteiger partial charge in [-0.2, -0.15) is 4.31 Å². The second kappa shape index (κ2) is 8.13. The molecular formula is C18H22N2O4S. The maximum Gasteiger partial charge on any atom is 0.247 e. The molecule has 0 radical (unpaired) electrons. The highest BCUT2D eigenvalue weighted by atomic mass is 32.2. The zero-order valence-electron chi connectivity index (χ0n) is 14.5. The lowest BCUT2D eigenvalue weighted by atomic mass is 10.2. The normalized spacial score (nSPS) is 11.4. The number of hydrogen-bond acceptors (Lipinski definition) is 4. The molecule has 0 aromatic heterocycles. The number of sulfonamides is 1. The summed E-state index contributed by atoms with van der Waals surface area (Å²) in [7, 11) is -1.03. The zero-order valence-corrected chi connectivity index (χ0v) is 15.3. The van der Waals surface area contributed by atoms with Crippen molar-refractivity contribution in [3.05, 3.63) is 59.7 Å². The summed E-state index contributed by atoms with van der Waals surface area (Å²) in [6.45, 7) is 1.62. The van der Waals surface area contributed by atoms with Gasteiger partial charge < -0.3 is 10.1 Å². The molecule has 6 nitrogen and oxygen atoms in total. The molecular weight excluding hydrogens is 340 g/mol.